The lowest BCUT2D eigenvalue weighted by Crippen LogP contribution is -2.25. The van der Waals surface area contributed by atoms with Gasteiger partial charge in [0, 0.05) is 19.2 Å². The summed E-state index contributed by atoms with van der Waals surface area (Å²) in [6.45, 7) is 0.633. The van der Waals surface area contributed by atoms with Crippen LogP contribution in [0.4, 0.5) is 0 Å². The van der Waals surface area contributed by atoms with Crippen LogP contribution in [0.3, 0.4) is 0 Å². The third kappa shape index (κ3) is 2.90. The summed E-state index contributed by atoms with van der Waals surface area (Å²) in [4.78, 5) is 13.9. The highest BCUT2D eigenvalue weighted by molar-refractivity contribution is 7.07. The summed E-state index contributed by atoms with van der Waals surface area (Å²) in [6, 6.07) is 9.19. The van der Waals surface area contributed by atoms with Gasteiger partial charge in [0.1, 0.15) is 5.75 Å². The fraction of sp³-hybridized carbons (Fsp3) is 0.214. The number of hydrogen-bond donors (Lipinski definition) is 0. The van der Waals surface area contributed by atoms with Crippen LogP contribution in [0.5, 0.6) is 5.75 Å². The lowest BCUT2D eigenvalue weighted by atomic mass is 10.2. The fourth-order valence-corrected chi connectivity index (χ4v) is 2.34. The van der Waals surface area contributed by atoms with E-state index in [2.05, 4.69) is 5.38 Å². The summed E-state index contributed by atoms with van der Waals surface area (Å²) in [7, 11) is 3.42. The van der Waals surface area contributed by atoms with Crippen LogP contribution >= 0.6 is 11.3 Å². The minimum atomic E-state index is 0.0175. The summed E-state index contributed by atoms with van der Waals surface area (Å²) < 4.78 is 5.07. The Kier molecular flexibility index (Phi) is 3.99. The average molecular weight is 261 g/mol. The molecule has 2 aromatic rings. The van der Waals surface area contributed by atoms with Crippen LogP contribution in [0.1, 0.15) is 15.9 Å². The standard InChI is InChI=1S/C14H15NO2S/c1-15(9-11-7-8-18-10-11)14(16)12-3-5-13(17-2)6-4-12/h3-8,10H,9H2,1-2H3. The van der Waals surface area contributed by atoms with Gasteiger partial charge in [-0.3, -0.25) is 4.79 Å². The summed E-state index contributed by atoms with van der Waals surface area (Å²) in [5.41, 5.74) is 1.83. The van der Waals surface area contributed by atoms with Gasteiger partial charge in [-0.2, -0.15) is 11.3 Å². The molecule has 1 heterocycles. The summed E-state index contributed by atoms with van der Waals surface area (Å²) >= 11 is 1.64. The zero-order chi connectivity index (χ0) is 13.0. The van der Waals surface area contributed by atoms with Gasteiger partial charge in [0.15, 0.2) is 0 Å². The van der Waals surface area contributed by atoms with Gasteiger partial charge in [0.25, 0.3) is 5.91 Å². The van der Waals surface area contributed by atoms with Gasteiger partial charge in [0.05, 0.1) is 7.11 Å². The second kappa shape index (κ2) is 5.69. The first-order valence-corrected chi connectivity index (χ1v) is 6.55. The topological polar surface area (TPSA) is 29.5 Å². The number of thiophene rings is 1. The lowest BCUT2D eigenvalue weighted by Gasteiger charge is -2.16. The largest absolute Gasteiger partial charge is 0.497 e. The van der Waals surface area contributed by atoms with Gasteiger partial charge in [-0.1, -0.05) is 0 Å². The van der Waals surface area contributed by atoms with E-state index in [9.17, 15) is 4.79 Å². The van der Waals surface area contributed by atoms with E-state index in [0.29, 0.717) is 12.1 Å². The maximum atomic E-state index is 12.2. The Morgan fingerprint density at radius 3 is 2.56 bits per heavy atom. The Morgan fingerprint density at radius 1 is 1.28 bits per heavy atom. The van der Waals surface area contributed by atoms with Crippen LogP contribution in [-0.2, 0) is 6.54 Å². The van der Waals surface area contributed by atoms with Crippen LogP contribution in [0.2, 0.25) is 0 Å². The van der Waals surface area contributed by atoms with E-state index >= 15 is 0 Å². The molecule has 3 nitrogen and oxygen atoms in total. The van der Waals surface area contributed by atoms with Crippen molar-refractivity contribution in [1.29, 1.82) is 0 Å². The quantitative estimate of drug-likeness (QED) is 0.846. The molecule has 0 bridgehead atoms. The second-order valence-electron chi connectivity index (χ2n) is 4.02. The first kappa shape index (κ1) is 12.6. The molecule has 0 radical (unpaired) electrons. The highest BCUT2D eigenvalue weighted by atomic mass is 32.1. The van der Waals surface area contributed by atoms with Crippen LogP contribution in [-0.4, -0.2) is 25.0 Å². The number of methoxy groups -OCH3 is 1. The Labute approximate surface area is 111 Å². The zero-order valence-electron chi connectivity index (χ0n) is 10.4. The van der Waals surface area contributed by atoms with Crippen molar-refractivity contribution in [2.75, 3.05) is 14.2 Å². The zero-order valence-corrected chi connectivity index (χ0v) is 11.2. The molecule has 1 aromatic heterocycles. The third-order valence-corrected chi connectivity index (χ3v) is 3.42. The maximum absolute atomic E-state index is 12.2. The van der Waals surface area contributed by atoms with Gasteiger partial charge in [0.2, 0.25) is 0 Å². The number of ether oxygens (including phenoxy) is 1. The van der Waals surface area contributed by atoms with Gasteiger partial charge in [-0.05, 0) is 46.7 Å². The second-order valence-corrected chi connectivity index (χ2v) is 4.80. The van der Waals surface area contributed by atoms with E-state index in [0.717, 1.165) is 11.3 Å². The molecule has 0 N–H and O–H groups in total. The summed E-state index contributed by atoms with van der Waals surface area (Å²) in [6.07, 6.45) is 0. The molecule has 0 spiro atoms. The third-order valence-electron chi connectivity index (χ3n) is 2.68. The Balaban J connectivity index is 2.05. The molecule has 0 atom stereocenters. The van der Waals surface area contributed by atoms with Crippen LogP contribution in [0.15, 0.2) is 41.1 Å². The maximum Gasteiger partial charge on any atom is 0.253 e. The molecule has 0 saturated heterocycles. The number of carbonyl (C=O) groups excluding carboxylic acids is 1. The highest BCUT2D eigenvalue weighted by Gasteiger charge is 2.12. The van der Waals surface area contributed by atoms with Crippen LogP contribution < -0.4 is 4.74 Å². The van der Waals surface area contributed by atoms with Crippen molar-refractivity contribution in [2.24, 2.45) is 0 Å². The minimum Gasteiger partial charge on any atom is -0.497 e. The molecule has 0 fully saturated rings. The van der Waals surface area contributed by atoms with Crippen molar-refractivity contribution in [3.05, 3.63) is 52.2 Å². The lowest BCUT2D eigenvalue weighted by molar-refractivity contribution is 0.0785. The van der Waals surface area contributed by atoms with Crippen molar-refractivity contribution >= 4 is 17.2 Å². The number of nitrogens with zero attached hydrogens (tertiary/aromatic N) is 1. The van der Waals surface area contributed by atoms with Crippen molar-refractivity contribution in [1.82, 2.24) is 4.90 Å². The predicted molar refractivity (Wildman–Crippen MR) is 73.1 cm³/mol. The van der Waals surface area contributed by atoms with Gasteiger partial charge in [-0.25, -0.2) is 0 Å². The molecule has 0 unspecified atom stereocenters. The monoisotopic (exact) mass is 261 g/mol. The molecule has 0 aliphatic rings. The van der Waals surface area contributed by atoms with Crippen molar-refractivity contribution < 1.29 is 9.53 Å². The molecular weight excluding hydrogens is 246 g/mol. The fourth-order valence-electron chi connectivity index (χ4n) is 1.68. The van der Waals surface area contributed by atoms with E-state index in [-0.39, 0.29) is 5.91 Å². The molecule has 2 rings (SSSR count). The highest BCUT2D eigenvalue weighted by Crippen LogP contribution is 2.14. The first-order valence-electron chi connectivity index (χ1n) is 5.61. The molecule has 0 aliphatic carbocycles. The van der Waals surface area contributed by atoms with Crippen molar-refractivity contribution in [3.63, 3.8) is 0 Å². The van der Waals surface area contributed by atoms with E-state index in [1.54, 1.807) is 47.6 Å². The number of carbonyl (C=O) groups is 1. The number of rotatable bonds is 4. The molecule has 1 aromatic carbocycles. The number of hydrogen-bond acceptors (Lipinski definition) is 3. The smallest absolute Gasteiger partial charge is 0.253 e. The molecule has 0 aliphatic heterocycles. The van der Waals surface area contributed by atoms with Gasteiger partial charge in [-0.15, -0.1) is 0 Å². The van der Waals surface area contributed by atoms with Crippen LogP contribution in [0.25, 0.3) is 0 Å². The van der Waals surface area contributed by atoms with Gasteiger partial charge < -0.3 is 9.64 Å². The van der Waals surface area contributed by atoms with E-state index in [4.69, 9.17) is 4.74 Å². The van der Waals surface area contributed by atoms with E-state index in [1.165, 1.54) is 0 Å². The molecular formula is C14H15NO2S. The Morgan fingerprint density at radius 2 is 2.00 bits per heavy atom. The number of benzene rings is 1. The van der Waals surface area contributed by atoms with Crippen molar-refractivity contribution in [3.8, 4) is 5.75 Å². The molecule has 0 saturated carbocycles. The normalized spacial score (nSPS) is 10.1. The minimum absolute atomic E-state index is 0.0175. The first-order chi connectivity index (χ1) is 8.70. The van der Waals surface area contributed by atoms with Crippen molar-refractivity contribution in [2.45, 2.75) is 6.54 Å². The molecule has 94 valence electrons. The van der Waals surface area contributed by atoms with E-state index in [1.807, 2.05) is 18.5 Å². The average Bonchev–Trinajstić information content (AvgIpc) is 2.91. The Bertz CT molecular complexity index is 505. The molecule has 18 heavy (non-hydrogen) atoms. The van der Waals surface area contributed by atoms with Crippen LogP contribution in [0, 0.1) is 0 Å². The summed E-state index contributed by atoms with van der Waals surface area (Å²) in [5.74, 6) is 0.774. The van der Waals surface area contributed by atoms with Gasteiger partial charge >= 0.3 is 0 Å². The molecule has 1 amide bonds. The van der Waals surface area contributed by atoms with E-state index < -0.39 is 0 Å². The predicted octanol–water partition coefficient (Wildman–Crippen LogP) is 3.03. The Hall–Kier alpha value is -1.81. The summed E-state index contributed by atoms with van der Waals surface area (Å²) in [5, 5.41) is 4.07. The molecule has 4 heteroatoms. The SMILES string of the molecule is COc1ccc(C(=O)N(C)Cc2ccsc2)cc1. The number of amides is 1.